The zero-order chi connectivity index (χ0) is 16.4. The summed E-state index contributed by atoms with van der Waals surface area (Å²) in [5.74, 6) is -0.706. The lowest BCUT2D eigenvalue weighted by atomic mass is 10.1. The van der Waals surface area contributed by atoms with Gasteiger partial charge in [-0.05, 0) is 37.6 Å². The van der Waals surface area contributed by atoms with Gasteiger partial charge in [0.05, 0.1) is 11.3 Å². The Morgan fingerprint density at radius 1 is 1.38 bits per heavy atom. The molecule has 1 unspecified atom stereocenters. The Balaban J connectivity index is 2.89. The predicted molar refractivity (Wildman–Crippen MR) is 71.8 cm³/mol. The molecule has 0 aliphatic heterocycles. The van der Waals surface area contributed by atoms with Gasteiger partial charge < -0.3 is 5.32 Å². The van der Waals surface area contributed by atoms with Gasteiger partial charge in [0, 0.05) is 22.3 Å². The summed E-state index contributed by atoms with van der Waals surface area (Å²) in [7, 11) is 1.24. The van der Waals surface area contributed by atoms with E-state index in [0.29, 0.717) is 5.56 Å². The van der Waals surface area contributed by atoms with E-state index in [1.807, 2.05) is 0 Å². The summed E-state index contributed by atoms with van der Waals surface area (Å²) >= 11 is 0. The molecule has 0 aliphatic carbocycles. The van der Waals surface area contributed by atoms with Gasteiger partial charge in [-0.15, -0.1) is 0 Å². The molecule has 21 heavy (non-hydrogen) atoms. The Hall–Kier alpha value is -1.28. The van der Waals surface area contributed by atoms with Crippen LogP contribution < -0.4 is 5.32 Å². The molecule has 0 saturated heterocycles. The van der Waals surface area contributed by atoms with Crippen molar-refractivity contribution in [1.82, 2.24) is 5.32 Å². The van der Waals surface area contributed by atoms with Crippen molar-refractivity contribution in [3.05, 3.63) is 29.3 Å². The van der Waals surface area contributed by atoms with Crippen LogP contribution in [0.1, 0.15) is 29.3 Å². The maximum atomic E-state index is 12.2. The third kappa shape index (κ3) is 5.55. The van der Waals surface area contributed by atoms with Crippen LogP contribution in [0.15, 0.2) is 23.1 Å². The number of nitrogens with one attached hydrogen (secondary N) is 1. The molecule has 1 N–H and O–H groups in total. The molecule has 1 aromatic rings. The summed E-state index contributed by atoms with van der Waals surface area (Å²) in [6.45, 7) is 2.70. The lowest BCUT2D eigenvalue weighted by Gasteiger charge is -2.16. The second-order valence-corrected chi connectivity index (χ2v) is 7.17. The lowest BCUT2D eigenvalue weighted by molar-refractivity contribution is -0.138. The molecule has 1 aromatic carbocycles. The number of rotatable bonds is 4. The van der Waals surface area contributed by atoms with E-state index in [-0.39, 0.29) is 10.5 Å². The van der Waals surface area contributed by atoms with Gasteiger partial charge in [0.1, 0.15) is 0 Å². The van der Waals surface area contributed by atoms with Gasteiger partial charge >= 0.3 is 6.18 Å². The van der Waals surface area contributed by atoms with Crippen molar-refractivity contribution in [2.45, 2.75) is 37.4 Å². The molecule has 0 heterocycles. The van der Waals surface area contributed by atoms with Gasteiger partial charge in [0.2, 0.25) is 0 Å². The molecular weight excluding hydrogens is 331 g/mol. The Morgan fingerprint density at radius 3 is 2.38 bits per heavy atom. The highest BCUT2D eigenvalue weighted by Crippen LogP contribution is 2.22. The highest BCUT2D eigenvalue weighted by Gasteiger charge is 2.30. The van der Waals surface area contributed by atoms with Crippen LogP contribution in [0.5, 0.6) is 0 Å². The smallest absolute Gasteiger partial charge is 0.349 e. The van der Waals surface area contributed by atoms with Gasteiger partial charge in [-0.1, -0.05) is 0 Å². The summed E-state index contributed by atoms with van der Waals surface area (Å²) in [6.07, 6.45) is -5.52. The number of alkyl halides is 3. The Morgan fingerprint density at radius 2 is 1.95 bits per heavy atom. The highest BCUT2D eigenvalue weighted by molar-refractivity contribution is 8.13. The zero-order valence-electron chi connectivity index (χ0n) is 11.2. The SMILES string of the molecule is Cc1cc(S(=O)(=O)Cl)ccc1C(=O)NC(C)CC(F)(F)F. The van der Waals surface area contributed by atoms with Crippen LogP contribution in [0.25, 0.3) is 0 Å². The van der Waals surface area contributed by atoms with E-state index in [4.69, 9.17) is 10.7 Å². The predicted octanol–water partition coefficient (Wildman–Crippen LogP) is 2.99. The first-order valence-corrected chi connectivity index (χ1v) is 8.14. The summed E-state index contributed by atoms with van der Waals surface area (Å²) in [5.41, 5.74) is 0.390. The second-order valence-electron chi connectivity index (χ2n) is 4.61. The minimum absolute atomic E-state index is 0.0908. The average molecular weight is 344 g/mol. The van der Waals surface area contributed by atoms with Crippen molar-refractivity contribution in [1.29, 1.82) is 0 Å². The molecule has 9 heteroatoms. The summed E-state index contributed by atoms with van der Waals surface area (Å²) in [5, 5.41) is 2.21. The topological polar surface area (TPSA) is 63.2 Å². The number of halogens is 4. The van der Waals surface area contributed by atoms with Gasteiger partial charge in [-0.25, -0.2) is 8.42 Å². The number of hydrogen-bond acceptors (Lipinski definition) is 3. The van der Waals surface area contributed by atoms with E-state index in [0.717, 1.165) is 6.07 Å². The molecule has 0 saturated carbocycles. The van der Waals surface area contributed by atoms with Gasteiger partial charge in [-0.3, -0.25) is 4.79 Å². The molecule has 0 bridgehead atoms. The fourth-order valence-corrected chi connectivity index (χ4v) is 2.58. The Kier molecular flexibility index (Phi) is 5.27. The molecule has 0 fully saturated rings. The molecule has 0 aliphatic rings. The molecule has 0 radical (unpaired) electrons. The molecule has 1 amide bonds. The lowest BCUT2D eigenvalue weighted by Crippen LogP contribution is -2.36. The summed E-state index contributed by atoms with van der Waals surface area (Å²) < 4.78 is 58.9. The molecule has 4 nitrogen and oxygen atoms in total. The number of benzene rings is 1. The van der Waals surface area contributed by atoms with Crippen molar-refractivity contribution < 1.29 is 26.4 Å². The molecule has 118 valence electrons. The second kappa shape index (κ2) is 6.23. The fraction of sp³-hybridized carbons (Fsp3) is 0.417. The van der Waals surface area contributed by atoms with E-state index in [9.17, 15) is 26.4 Å². The third-order valence-corrected chi connectivity index (χ3v) is 3.99. The van der Waals surface area contributed by atoms with Crippen LogP contribution >= 0.6 is 10.7 Å². The van der Waals surface area contributed by atoms with E-state index in [2.05, 4.69) is 5.32 Å². The van der Waals surface area contributed by atoms with E-state index in [1.54, 1.807) is 0 Å². The fourth-order valence-electron chi connectivity index (χ4n) is 1.74. The first kappa shape index (κ1) is 17.8. The maximum Gasteiger partial charge on any atom is 0.391 e. The van der Waals surface area contributed by atoms with Crippen molar-refractivity contribution in [2.75, 3.05) is 0 Å². The maximum absolute atomic E-state index is 12.2. The van der Waals surface area contributed by atoms with Crippen molar-refractivity contribution in [2.24, 2.45) is 0 Å². The number of hydrogen-bond donors (Lipinski definition) is 1. The van der Waals surface area contributed by atoms with Crippen molar-refractivity contribution >= 4 is 25.6 Å². The first-order valence-electron chi connectivity index (χ1n) is 5.83. The van der Waals surface area contributed by atoms with E-state index >= 15 is 0 Å². The highest BCUT2D eigenvalue weighted by atomic mass is 35.7. The van der Waals surface area contributed by atoms with Gasteiger partial charge in [0.15, 0.2) is 0 Å². The summed E-state index contributed by atoms with van der Waals surface area (Å²) in [4.78, 5) is 11.7. The molecule has 0 aromatic heterocycles. The Bertz CT molecular complexity index is 644. The molecule has 1 atom stereocenters. The van der Waals surface area contributed by atoms with Gasteiger partial charge in [0.25, 0.3) is 15.0 Å². The van der Waals surface area contributed by atoms with E-state index in [1.165, 1.54) is 26.0 Å². The normalized spacial score (nSPS) is 13.8. The van der Waals surface area contributed by atoms with Crippen LogP contribution in [0, 0.1) is 6.92 Å². The number of amides is 1. The number of carbonyl (C=O) groups excluding carboxylic acids is 1. The number of aryl methyl sites for hydroxylation is 1. The van der Waals surface area contributed by atoms with Crippen molar-refractivity contribution in [3.8, 4) is 0 Å². The summed E-state index contributed by atoms with van der Waals surface area (Å²) in [6, 6.07) is 2.43. The average Bonchev–Trinajstić information content (AvgIpc) is 2.24. The molecule has 1 rings (SSSR count). The number of carbonyl (C=O) groups is 1. The van der Waals surface area contributed by atoms with Crippen LogP contribution in [0.4, 0.5) is 13.2 Å². The molecular formula is C12H13ClF3NO3S. The molecule has 0 spiro atoms. The third-order valence-electron chi connectivity index (χ3n) is 2.64. The minimum atomic E-state index is -4.38. The van der Waals surface area contributed by atoms with E-state index < -0.39 is 33.6 Å². The monoisotopic (exact) mass is 343 g/mol. The first-order chi connectivity index (χ1) is 9.40. The standard InChI is InChI=1S/C12H13ClF3NO3S/c1-7-5-9(21(13,19)20)3-4-10(7)11(18)17-8(2)6-12(14,15)16/h3-5,8H,6H2,1-2H3,(H,17,18). The quantitative estimate of drug-likeness (QED) is 0.855. The van der Waals surface area contributed by atoms with Crippen LogP contribution in [0.3, 0.4) is 0 Å². The van der Waals surface area contributed by atoms with Crippen LogP contribution in [-0.4, -0.2) is 26.5 Å². The van der Waals surface area contributed by atoms with Gasteiger partial charge in [-0.2, -0.15) is 13.2 Å². The minimum Gasteiger partial charge on any atom is -0.349 e. The largest absolute Gasteiger partial charge is 0.391 e. The Labute approximate surface area is 124 Å². The van der Waals surface area contributed by atoms with Crippen LogP contribution in [0.2, 0.25) is 0 Å². The van der Waals surface area contributed by atoms with Crippen molar-refractivity contribution in [3.63, 3.8) is 0 Å². The van der Waals surface area contributed by atoms with Crippen LogP contribution in [-0.2, 0) is 9.05 Å². The zero-order valence-corrected chi connectivity index (χ0v) is 12.7.